The van der Waals surface area contributed by atoms with Crippen LogP contribution in [0.1, 0.15) is 28.8 Å². The lowest BCUT2D eigenvalue weighted by Crippen LogP contribution is -2.49. The molecule has 0 bridgehead atoms. The molecule has 0 unspecified atom stereocenters. The quantitative estimate of drug-likeness (QED) is 0.806. The number of nitrogen functional groups attached to an aromatic ring is 1. The van der Waals surface area contributed by atoms with Crippen LogP contribution in [0.3, 0.4) is 0 Å². The van der Waals surface area contributed by atoms with Crippen molar-refractivity contribution in [2.45, 2.75) is 25.6 Å². The Morgan fingerprint density at radius 3 is 2.76 bits per heavy atom. The summed E-state index contributed by atoms with van der Waals surface area (Å²) in [4.78, 5) is 13.4. The molecule has 1 aromatic rings. The third-order valence-corrected chi connectivity index (χ3v) is 4.20. The third-order valence-electron chi connectivity index (χ3n) is 4.20. The van der Waals surface area contributed by atoms with Crippen LogP contribution in [0.25, 0.3) is 0 Å². The molecule has 3 N–H and O–H groups in total. The first-order valence-corrected chi connectivity index (χ1v) is 7.17. The average molecular weight is 292 g/mol. The van der Waals surface area contributed by atoms with Crippen LogP contribution in [0.15, 0.2) is 12.1 Å². The molecule has 2 fully saturated rings. The smallest absolute Gasteiger partial charge is 0.337 e. The Balaban J connectivity index is 1.91. The predicted octanol–water partition coefficient (Wildman–Crippen LogP) is 1.62. The molecule has 2 aliphatic rings. The largest absolute Gasteiger partial charge is 0.478 e. The maximum Gasteiger partial charge on any atom is 0.337 e. The SMILES string of the molecule is Cc1cc(N2CCCC3(C2)OCCO3)cc(C(=O)O)c1N. The molecule has 2 heterocycles. The van der Waals surface area contributed by atoms with Crippen LogP contribution in [-0.4, -0.2) is 43.2 Å². The van der Waals surface area contributed by atoms with Crippen LogP contribution in [0.2, 0.25) is 0 Å². The predicted molar refractivity (Wildman–Crippen MR) is 78.6 cm³/mol. The lowest BCUT2D eigenvalue weighted by Gasteiger charge is -2.40. The van der Waals surface area contributed by atoms with E-state index in [1.54, 1.807) is 6.07 Å². The summed E-state index contributed by atoms with van der Waals surface area (Å²) in [5.74, 6) is -1.53. The molecule has 0 amide bonds. The Labute approximate surface area is 123 Å². The monoisotopic (exact) mass is 292 g/mol. The number of aryl methyl sites for hydroxylation is 1. The van der Waals surface area contributed by atoms with Gasteiger partial charge in [0, 0.05) is 24.3 Å². The second-order valence-corrected chi connectivity index (χ2v) is 5.66. The van der Waals surface area contributed by atoms with E-state index >= 15 is 0 Å². The minimum atomic E-state index is -1.00. The van der Waals surface area contributed by atoms with Crippen molar-refractivity contribution in [3.8, 4) is 0 Å². The van der Waals surface area contributed by atoms with Gasteiger partial charge in [-0.25, -0.2) is 4.79 Å². The molecule has 6 nitrogen and oxygen atoms in total. The number of rotatable bonds is 2. The van der Waals surface area contributed by atoms with Gasteiger partial charge in [-0.05, 0) is 31.0 Å². The molecule has 114 valence electrons. The average Bonchev–Trinajstić information content (AvgIpc) is 2.89. The van der Waals surface area contributed by atoms with E-state index in [2.05, 4.69) is 4.90 Å². The van der Waals surface area contributed by atoms with Crippen LogP contribution in [0.5, 0.6) is 0 Å². The van der Waals surface area contributed by atoms with Gasteiger partial charge in [-0.1, -0.05) is 0 Å². The standard InChI is InChI=1S/C15H20N2O4/c1-10-7-11(8-12(13(10)16)14(18)19)17-4-2-3-15(9-17)20-5-6-21-15/h7-8H,2-6,9,16H2,1H3,(H,18,19). The first kappa shape index (κ1) is 14.2. The van der Waals surface area contributed by atoms with Crippen LogP contribution in [-0.2, 0) is 9.47 Å². The normalized spacial score (nSPS) is 20.9. The number of anilines is 2. The Morgan fingerprint density at radius 1 is 1.38 bits per heavy atom. The molecule has 6 heteroatoms. The van der Waals surface area contributed by atoms with Crippen LogP contribution in [0.4, 0.5) is 11.4 Å². The van der Waals surface area contributed by atoms with Gasteiger partial charge in [0.15, 0.2) is 5.79 Å². The molecule has 2 aliphatic heterocycles. The number of carboxylic acids is 1. The van der Waals surface area contributed by atoms with Crippen molar-refractivity contribution >= 4 is 17.3 Å². The second kappa shape index (κ2) is 5.20. The van der Waals surface area contributed by atoms with E-state index in [0.29, 0.717) is 25.4 Å². The highest BCUT2D eigenvalue weighted by atomic mass is 16.7. The summed E-state index contributed by atoms with van der Waals surface area (Å²) in [5, 5.41) is 9.27. The van der Waals surface area contributed by atoms with E-state index < -0.39 is 11.8 Å². The molecule has 1 aromatic carbocycles. The fraction of sp³-hybridized carbons (Fsp3) is 0.533. The molecular weight excluding hydrogens is 272 g/mol. The third kappa shape index (κ3) is 2.56. The zero-order valence-electron chi connectivity index (χ0n) is 12.1. The number of nitrogens with two attached hydrogens (primary N) is 1. The molecule has 0 radical (unpaired) electrons. The van der Waals surface area contributed by atoms with Crippen LogP contribution < -0.4 is 10.6 Å². The van der Waals surface area contributed by atoms with Gasteiger partial charge in [0.05, 0.1) is 25.3 Å². The Kier molecular flexibility index (Phi) is 3.51. The molecule has 0 aromatic heterocycles. The number of benzene rings is 1. The molecule has 0 atom stereocenters. The Bertz CT molecular complexity index is 567. The fourth-order valence-electron chi connectivity index (χ4n) is 3.08. The maximum atomic E-state index is 11.3. The van der Waals surface area contributed by atoms with Crippen molar-refractivity contribution in [3.63, 3.8) is 0 Å². The molecule has 0 aliphatic carbocycles. The molecular formula is C15H20N2O4. The second-order valence-electron chi connectivity index (χ2n) is 5.66. The number of nitrogens with zero attached hydrogens (tertiary/aromatic N) is 1. The number of hydrogen-bond acceptors (Lipinski definition) is 5. The summed E-state index contributed by atoms with van der Waals surface area (Å²) < 4.78 is 11.5. The number of carboxylic acid groups (broad SMARTS) is 1. The van der Waals surface area contributed by atoms with E-state index in [9.17, 15) is 9.90 Å². The summed E-state index contributed by atoms with van der Waals surface area (Å²) in [6, 6.07) is 3.56. The van der Waals surface area contributed by atoms with Crippen molar-refractivity contribution in [2.24, 2.45) is 0 Å². The van der Waals surface area contributed by atoms with Crippen LogP contribution in [0, 0.1) is 6.92 Å². The number of piperidine rings is 1. The lowest BCUT2D eigenvalue weighted by molar-refractivity contribution is -0.161. The topological polar surface area (TPSA) is 85.0 Å². The van der Waals surface area contributed by atoms with Crippen molar-refractivity contribution in [1.82, 2.24) is 0 Å². The highest BCUT2D eigenvalue weighted by Gasteiger charge is 2.41. The number of hydrogen-bond donors (Lipinski definition) is 2. The van der Waals surface area contributed by atoms with Gasteiger partial charge in [-0.2, -0.15) is 0 Å². The zero-order valence-corrected chi connectivity index (χ0v) is 12.1. The zero-order chi connectivity index (χ0) is 15.0. The van der Waals surface area contributed by atoms with Crippen LogP contribution >= 0.6 is 0 Å². The van der Waals surface area contributed by atoms with Gasteiger partial charge in [-0.3, -0.25) is 0 Å². The maximum absolute atomic E-state index is 11.3. The van der Waals surface area contributed by atoms with Crippen molar-refractivity contribution < 1.29 is 19.4 Å². The van der Waals surface area contributed by atoms with Gasteiger partial charge < -0.3 is 25.2 Å². The highest BCUT2D eigenvalue weighted by molar-refractivity contribution is 5.95. The van der Waals surface area contributed by atoms with Gasteiger partial charge >= 0.3 is 5.97 Å². The lowest BCUT2D eigenvalue weighted by atomic mass is 10.0. The Hall–Kier alpha value is -1.79. The minimum Gasteiger partial charge on any atom is -0.478 e. The first-order valence-electron chi connectivity index (χ1n) is 7.17. The molecule has 21 heavy (non-hydrogen) atoms. The van der Waals surface area contributed by atoms with Crippen molar-refractivity contribution in [3.05, 3.63) is 23.3 Å². The van der Waals surface area contributed by atoms with E-state index in [0.717, 1.165) is 30.6 Å². The minimum absolute atomic E-state index is 0.151. The number of carbonyl (C=O) groups is 1. The summed E-state index contributed by atoms with van der Waals surface area (Å²) in [6.45, 7) is 4.55. The van der Waals surface area contributed by atoms with Crippen molar-refractivity contribution in [1.29, 1.82) is 0 Å². The van der Waals surface area contributed by atoms with Gasteiger partial charge in [0.1, 0.15) is 0 Å². The van der Waals surface area contributed by atoms with Crippen molar-refractivity contribution in [2.75, 3.05) is 36.9 Å². The molecule has 1 spiro atoms. The van der Waals surface area contributed by atoms with Gasteiger partial charge in [0.25, 0.3) is 0 Å². The summed E-state index contributed by atoms with van der Waals surface area (Å²) in [7, 11) is 0. The number of ether oxygens (including phenoxy) is 2. The van der Waals surface area contributed by atoms with Gasteiger partial charge in [0.2, 0.25) is 0 Å². The summed E-state index contributed by atoms with van der Waals surface area (Å²) in [6.07, 6.45) is 1.83. The van der Waals surface area contributed by atoms with E-state index in [4.69, 9.17) is 15.2 Å². The molecule has 2 saturated heterocycles. The summed E-state index contributed by atoms with van der Waals surface area (Å²) in [5.41, 5.74) is 7.96. The number of aromatic carboxylic acids is 1. The Morgan fingerprint density at radius 2 is 2.10 bits per heavy atom. The molecule has 0 saturated carbocycles. The van der Waals surface area contributed by atoms with E-state index in [1.165, 1.54) is 0 Å². The van der Waals surface area contributed by atoms with E-state index in [-0.39, 0.29) is 5.56 Å². The first-order chi connectivity index (χ1) is 10.0. The van der Waals surface area contributed by atoms with E-state index in [1.807, 2.05) is 13.0 Å². The van der Waals surface area contributed by atoms with Gasteiger partial charge in [-0.15, -0.1) is 0 Å². The highest BCUT2D eigenvalue weighted by Crippen LogP contribution is 2.34. The summed E-state index contributed by atoms with van der Waals surface area (Å²) >= 11 is 0. The molecule has 3 rings (SSSR count). The fourth-order valence-corrected chi connectivity index (χ4v) is 3.08.